The molecule has 104 valence electrons. The van der Waals surface area contributed by atoms with Crippen LogP contribution in [-0.4, -0.2) is 23.2 Å². The summed E-state index contributed by atoms with van der Waals surface area (Å²) in [5.74, 6) is 1.13. The minimum absolute atomic E-state index is 0.150. The molecule has 6 heteroatoms. The van der Waals surface area contributed by atoms with Crippen LogP contribution in [0.4, 0.5) is 0 Å². The maximum atomic E-state index is 5.56. The lowest BCUT2D eigenvalue weighted by Crippen LogP contribution is -2.20. The highest BCUT2D eigenvalue weighted by Gasteiger charge is 2.09. The number of nitrogens with two attached hydrogens (primary N) is 2. The fraction of sp³-hybridized carbons (Fsp3) is 0.143. The number of thiocarbonyl (C=S) groups is 2. The third-order valence-corrected chi connectivity index (χ3v) is 2.79. The molecule has 0 saturated heterocycles. The molecular weight excluding hydrogens is 292 g/mol. The van der Waals surface area contributed by atoms with E-state index in [0.29, 0.717) is 11.5 Å². The van der Waals surface area contributed by atoms with E-state index in [2.05, 4.69) is 0 Å². The lowest BCUT2D eigenvalue weighted by Gasteiger charge is -2.13. The van der Waals surface area contributed by atoms with Crippen molar-refractivity contribution < 1.29 is 9.47 Å². The molecule has 20 heavy (non-hydrogen) atoms. The highest BCUT2D eigenvalue weighted by molar-refractivity contribution is 7.80. The molecule has 2 aromatic rings. The summed E-state index contributed by atoms with van der Waals surface area (Å²) in [4.78, 5) is 0.553. The van der Waals surface area contributed by atoms with Crippen LogP contribution in [0.5, 0.6) is 11.5 Å². The van der Waals surface area contributed by atoms with Gasteiger partial charge in [0.2, 0.25) is 0 Å². The van der Waals surface area contributed by atoms with Crippen LogP contribution < -0.4 is 20.9 Å². The van der Waals surface area contributed by atoms with E-state index in [-0.39, 0.29) is 23.2 Å². The molecule has 0 spiro atoms. The molecule has 0 aliphatic carbocycles. The van der Waals surface area contributed by atoms with Crippen LogP contribution in [0.15, 0.2) is 36.4 Å². The van der Waals surface area contributed by atoms with E-state index in [9.17, 15) is 0 Å². The summed E-state index contributed by atoms with van der Waals surface area (Å²) in [5, 5.41) is 2.07. The zero-order valence-electron chi connectivity index (χ0n) is 10.7. The van der Waals surface area contributed by atoms with Gasteiger partial charge in [-0.3, -0.25) is 0 Å². The molecule has 0 radical (unpaired) electrons. The van der Waals surface area contributed by atoms with Crippen molar-refractivity contribution in [2.24, 2.45) is 11.5 Å². The molecule has 4 N–H and O–H groups in total. The van der Waals surface area contributed by atoms with Gasteiger partial charge in [0.05, 0.1) is 0 Å². The van der Waals surface area contributed by atoms with Crippen LogP contribution in [0.1, 0.15) is 0 Å². The fourth-order valence-electron chi connectivity index (χ4n) is 1.72. The maximum absolute atomic E-state index is 5.56. The van der Waals surface area contributed by atoms with Crippen LogP contribution >= 0.6 is 24.4 Å². The number of fused-ring (bicyclic) bond motifs is 1. The topological polar surface area (TPSA) is 70.5 Å². The van der Waals surface area contributed by atoms with Gasteiger partial charge in [-0.2, -0.15) is 0 Å². The lowest BCUT2D eigenvalue weighted by molar-refractivity contribution is 0.322. The van der Waals surface area contributed by atoms with Crippen molar-refractivity contribution in [3.8, 4) is 11.5 Å². The van der Waals surface area contributed by atoms with Crippen LogP contribution in [-0.2, 0) is 0 Å². The van der Waals surface area contributed by atoms with Gasteiger partial charge in [-0.15, -0.1) is 0 Å². The quantitative estimate of drug-likeness (QED) is 0.797. The second-order valence-corrected chi connectivity index (χ2v) is 5.20. The first kappa shape index (κ1) is 14.5. The molecular formula is C14H14N2O2S2. The number of benzene rings is 2. The second kappa shape index (κ2) is 6.49. The molecule has 0 aliphatic heterocycles. The summed E-state index contributed by atoms with van der Waals surface area (Å²) >= 11 is 9.62. The Bertz CT molecular complexity index is 602. The summed E-state index contributed by atoms with van der Waals surface area (Å²) in [6.07, 6.45) is 0. The predicted octanol–water partition coefficient (Wildman–Crippen LogP) is 2.17. The zero-order valence-corrected chi connectivity index (χ0v) is 12.3. The molecule has 0 bridgehead atoms. The van der Waals surface area contributed by atoms with Crippen molar-refractivity contribution in [2.45, 2.75) is 0 Å². The predicted molar refractivity (Wildman–Crippen MR) is 88.5 cm³/mol. The molecule has 0 atom stereocenters. The summed E-state index contributed by atoms with van der Waals surface area (Å²) in [6.45, 7) is 0.300. The minimum Gasteiger partial charge on any atom is -0.483 e. The number of hydrogen-bond donors (Lipinski definition) is 2. The largest absolute Gasteiger partial charge is 0.483 e. The van der Waals surface area contributed by atoms with E-state index in [1.807, 2.05) is 36.4 Å². The van der Waals surface area contributed by atoms with Crippen molar-refractivity contribution in [1.82, 2.24) is 0 Å². The third kappa shape index (κ3) is 3.79. The summed E-state index contributed by atoms with van der Waals surface area (Å²) in [6, 6.07) is 11.6. The van der Waals surface area contributed by atoms with Crippen molar-refractivity contribution in [3.05, 3.63) is 36.4 Å². The van der Waals surface area contributed by atoms with Crippen molar-refractivity contribution in [2.75, 3.05) is 13.2 Å². The van der Waals surface area contributed by atoms with Gasteiger partial charge in [0.15, 0.2) is 11.5 Å². The van der Waals surface area contributed by atoms with Crippen molar-refractivity contribution in [1.29, 1.82) is 0 Å². The highest BCUT2D eigenvalue weighted by atomic mass is 32.1. The Balaban J connectivity index is 2.35. The van der Waals surface area contributed by atoms with Gasteiger partial charge < -0.3 is 20.9 Å². The maximum Gasteiger partial charge on any atom is 0.162 e. The SMILES string of the molecule is NC(=S)COc1cc2ccccc2cc1OCC(N)=S. The smallest absolute Gasteiger partial charge is 0.162 e. The van der Waals surface area contributed by atoms with Gasteiger partial charge in [0.25, 0.3) is 0 Å². The average Bonchev–Trinajstić information content (AvgIpc) is 2.42. The van der Waals surface area contributed by atoms with E-state index in [4.69, 9.17) is 45.4 Å². The summed E-state index contributed by atoms with van der Waals surface area (Å²) in [5.41, 5.74) is 10.9. The average molecular weight is 306 g/mol. The van der Waals surface area contributed by atoms with Crippen LogP contribution in [0.25, 0.3) is 10.8 Å². The monoisotopic (exact) mass is 306 g/mol. The Morgan fingerprint density at radius 3 is 1.60 bits per heavy atom. The Morgan fingerprint density at radius 1 is 0.850 bits per heavy atom. The van der Waals surface area contributed by atoms with E-state index in [0.717, 1.165) is 10.8 Å². The van der Waals surface area contributed by atoms with Crippen molar-refractivity contribution >= 4 is 45.2 Å². The number of rotatable bonds is 6. The van der Waals surface area contributed by atoms with Gasteiger partial charge >= 0.3 is 0 Å². The van der Waals surface area contributed by atoms with Gasteiger partial charge in [-0.1, -0.05) is 48.7 Å². The molecule has 0 aromatic heterocycles. The molecule has 0 aliphatic rings. The van der Waals surface area contributed by atoms with E-state index in [1.54, 1.807) is 0 Å². The molecule has 0 heterocycles. The molecule has 0 fully saturated rings. The van der Waals surface area contributed by atoms with Gasteiger partial charge in [0, 0.05) is 0 Å². The molecule has 4 nitrogen and oxygen atoms in total. The normalized spacial score (nSPS) is 10.2. The third-order valence-electron chi connectivity index (χ3n) is 2.55. The van der Waals surface area contributed by atoms with Crippen LogP contribution in [0.2, 0.25) is 0 Å². The van der Waals surface area contributed by atoms with Gasteiger partial charge in [-0.25, -0.2) is 0 Å². The number of hydrogen-bond acceptors (Lipinski definition) is 4. The van der Waals surface area contributed by atoms with Gasteiger partial charge in [0.1, 0.15) is 23.2 Å². The Kier molecular flexibility index (Phi) is 4.70. The fourth-order valence-corrected chi connectivity index (χ4v) is 1.84. The first-order valence-electron chi connectivity index (χ1n) is 5.91. The van der Waals surface area contributed by atoms with Gasteiger partial charge in [-0.05, 0) is 22.9 Å². The standard InChI is InChI=1S/C14H14N2O2S2/c15-13(19)7-17-11-5-9-3-1-2-4-10(9)6-12(11)18-8-14(16)20/h1-6H,7-8H2,(H2,15,19)(H2,16,20). The Morgan fingerprint density at radius 2 is 1.25 bits per heavy atom. The molecule has 2 aromatic carbocycles. The summed E-state index contributed by atoms with van der Waals surface area (Å²) in [7, 11) is 0. The number of ether oxygens (including phenoxy) is 2. The Hall–Kier alpha value is -1.92. The highest BCUT2D eigenvalue weighted by Crippen LogP contribution is 2.32. The Labute approximate surface area is 127 Å². The second-order valence-electron chi connectivity index (χ2n) is 4.16. The lowest BCUT2D eigenvalue weighted by atomic mass is 10.1. The summed E-state index contributed by atoms with van der Waals surface area (Å²) < 4.78 is 11.1. The molecule has 0 saturated carbocycles. The van der Waals surface area contributed by atoms with E-state index < -0.39 is 0 Å². The molecule has 0 amide bonds. The first-order valence-corrected chi connectivity index (χ1v) is 6.73. The molecule has 0 unspecified atom stereocenters. The van der Waals surface area contributed by atoms with E-state index >= 15 is 0 Å². The van der Waals surface area contributed by atoms with Crippen molar-refractivity contribution in [3.63, 3.8) is 0 Å². The molecule has 2 rings (SSSR count). The minimum atomic E-state index is 0.150. The van der Waals surface area contributed by atoms with E-state index in [1.165, 1.54) is 0 Å². The first-order chi connectivity index (χ1) is 9.56. The van der Waals surface area contributed by atoms with Crippen LogP contribution in [0.3, 0.4) is 0 Å². The zero-order chi connectivity index (χ0) is 14.5. The van der Waals surface area contributed by atoms with Crippen LogP contribution in [0, 0.1) is 0 Å².